The summed E-state index contributed by atoms with van der Waals surface area (Å²) in [4.78, 5) is 12.6. The highest BCUT2D eigenvalue weighted by atomic mass is 32.2. The number of benzene rings is 2. The Labute approximate surface area is 164 Å². The first-order valence-corrected chi connectivity index (χ1v) is 10.6. The summed E-state index contributed by atoms with van der Waals surface area (Å²) in [5.41, 5.74) is 2.79. The molecular weight excluding hydrogens is 380 g/mol. The van der Waals surface area contributed by atoms with E-state index in [1.807, 2.05) is 26.0 Å². The van der Waals surface area contributed by atoms with Crippen molar-refractivity contribution < 1.29 is 22.7 Å². The molecule has 1 atom stereocenters. The molecule has 8 heteroatoms. The van der Waals surface area contributed by atoms with Crippen LogP contribution in [0, 0.1) is 6.92 Å². The Morgan fingerprint density at radius 1 is 1.32 bits per heavy atom. The normalized spacial score (nSPS) is 15.6. The van der Waals surface area contributed by atoms with Crippen molar-refractivity contribution in [2.24, 2.45) is 5.14 Å². The van der Waals surface area contributed by atoms with Gasteiger partial charge in [0.05, 0.1) is 11.5 Å². The third-order valence-electron chi connectivity index (χ3n) is 4.60. The molecule has 2 aromatic rings. The lowest BCUT2D eigenvalue weighted by atomic mass is 10.1. The van der Waals surface area contributed by atoms with Gasteiger partial charge in [-0.25, -0.2) is 13.6 Å². The molecule has 0 aromatic heterocycles. The SMILES string of the molecule is CCOc1cc2c(cc1CNC(=O)c1cc(S(N)(=O)=O)ccc1C)O[C@@H](C)C2. The molecule has 1 aliphatic heterocycles. The number of primary sulfonamides is 1. The molecule has 0 bridgehead atoms. The second kappa shape index (κ2) is 7.81. The van der Waals surface area contributed by atoms with Crippen LogP contribution in [0.2, 0.25) is 0 Å². The maximum Gasteiger partial charge on any atom is 0.251 e. The summed E-state index contributed by atoms with van der Waals surface area (Å²) in [7, 11) is -3.89. The highest BCUT2D eigenvalue weighted by Crippen LogP contribution is 2.35. The lowest BCUT2D eigenvalue weighted by Gasteiger charge is -2.14. The Balaban J connectivity index is 1.83. The zero-order valence-electron chi connectivity index (χ0n) is 16.1. The lowest BCUT2D eigenvalue weighted by molar-refractivity contribution is 0.0949. The number of nitrogens with two attached hydrogens (primary N) is 1. The summed E-state index contributed by atoms with van der Waals surface area (Å²) in [6.45, 7) is 6.36. The topological polar surface area (TPSA) is 108 Å². The predicted octanol–water partition coefficient (Wildman–Crippen LogP) is 2.29. The third-order valence-corrected chi connectivity index (χ3v) is 5.51. The molecule has 0 unspecified atom stereocenters. The number of fused-ring (bicyclic) bond motifs is 1. The Bertz CT molecular complexity index is 1020. The van der Waals surface area contributed by atoms with Gasteiger partial charge in [-0.3, -0.25) is 4.79 Å². The Hall–Kier alpha value is -2.58. The molecule has 0 saturated carbocycles. The number of hydrogen-bond donors (Lipinski definition) is 2. The van der Waals surface area contributed by atoms with E-state index in [1.165, 1.54) is 12.1 Å². The largest absolute Gasteiger partial charge is 0.494 e. The van der Waals surface area contributed by atoms with Gasteiger partial charge < -0.3 is 14.8 Å². The average molecular weight is 404 g/mol. The molecule has 3 N–H and O–H groups in total. The molecule has 0 saturated heterocycles. The summed E-state index contributed by atoms with van der Waals surface area (Å²) in [6, 6.07) is 8.07. The Morgan fingerprint density at radius 2 is 2.07 bits per heavy atom. The van der Waals surface area contributed by atoms with E-state index in [0.29, 0.717) is 17.9 Å². The maximum atomic E-state index is 12.7. The fraction of sp³-hybridized carbons (Fsp3) is 0.350. The highest BCUT2D eigenvalue weighted by molar-refractivity contribution is 7.89. The first kappa shape index (κ1) is 20.2. The number of aryl methyl sites for hydroxylation is 1. The maximum absolute atomic E-state index is 12.7. The lowest BCUT2D eigenvalue weighted by Crippen LogP contribution is -2.24. The molecule has 1 aliphatic rings. The van der Waals surface area contributed by atoms with Gasteiger partial charge in [-0.05, 0) is 50.6 Å². The minimum absolute atomic E-state index is 0.0989. The van der Waals surface area contributed by atoms with Crippen LogP contribution in [0.25, 0.3) is 0 Å². The number of nitrogens with one attached hydrogen (secondary N) is 1. The smallest absolute Gasteiger partial charge is 0.251 e. The van der Waals surface area contributed by atoms with E-state index in [0.717, 1.165) is 23.3 Å². The molecule has 28 heavy (non-hydrogen) atoms. The van der Waals surface area contributed by atoms with Gasteiger partial charge in [-0.15, -0.1) is 0 Å². The van der Waals surface area contributed by atoms with E-state index in [1.54, 1.807) is 13.0 Å². The number of sulfonamides is 1. The molecule has 3 rings (SSSR count). The number of carbonyl (C=O) groups excluding carboxylic acids is 1. The fourth-order valence-electron chi connectivity index (χ4n) is 3.20. The minimum Gasteiger partial charge on any atom is -0.494 e. The van der Waals surface area contributed by atoms with E-state index in [9.17, 15) is 13.2 Å². The zero-order chi connectivity index (χ0) is 20.5. The second-order valence-corrected chi connectivity index (χ2v) is 8.40. The van der Waals surface area contributed by atoms with Crippen molar-refractivity contribution in [2.75, 3.05) is 6.61 Å². The van der Waals surface area contributed by atoms with E-state index in [2.05, 4.69) is 5.32 Å². The summed E-state index contributed by atoms with van der Waals surface area (Å²) in [5.74, 6) is 1.11. The van der Waals surface area contributed by atoms with Crippen LogP contribution in [0.4, 0.5) is 0 Å². The number of amides is 1. The standard InChI is InChI=1S/C20H24N2O5S/c1-4-26-18-8-14-7-13(3)27-19(14)9-15(18)11-22-20(23)17-10-16(28(21,24)25)6-5-12(17)2/h5-6,8-10,13H,4,7,11H2,1-3H3,(H,22,23)(H2,21,24,25)/t13-/m0/s1. The third kappa shape index (κ3) is 4.28. The van der Waals surface area contributed by atoms with Crippen LogP contribution in [0.3, 0.4) is 0 Å². The molecule has 0 fully saturated rings. The van der Waals surface area contributed by atoms with E-state index in [4.69, 9.17) is 14.6 Å². The first-order chi connectivity index (χ1) is 13.2. The van der Waals surface area contributed by atoms with Gasteiger partial charge >= 0.3 is 0 Å². The fourth-order valence-corrected chi connectivity index (χ4v) is 3.74. The van der Waals surface area contributed by atoms with Crippen LogP contribution in [0.1, 0.15) is 40.9 Å². The predicted molar refractivity (Wildman–Crippen MR) is 105 cm³/mol. The van der Waals surface area contributed by atoms with Crippen molar-refractivity contribution in [2.45, 2.75) is 44.7 Å². The highest BCUT2D eigenvalue weighted by Gasteiger charge is 2.22. The molecule has 0 radical (unpaired) electrons. The van der Waals surface area contributed by atoms with Gasteiger partial charge in [0.15, 0.2) is 0 Å². The quantitative estimate of drug-likeness (QED) is 0.768. The monoisotopic (exact) mass is 404 g/mol. The average Bonchev–Trinajstić information content (AvgIpc) is 2.98. The summed E-state index contributed by atoms with van der Waals surface area (Å²) >= 11 is 0. The summed E-state index contributed by atoms with van der Waals surface area (Å²) in [5, 5.41) is 7.99. The van der Waals surface area contributed by atoms with Crippen molar-refractivity contribution >= 4 is 15.9 Å². The van der Waals surface area contributed by atoms with Crippen LogP contribution in [0.5, 0.6) is 11.5 Å². The molecule has 2 aromatic carbocycles. The van der Waals surface area contributed by atoms with Crippen LogP contribution in [0.15, 0.2) is 35.2 Å². The molecule has 0 aliphatic carbocycles. The van der Waals surface area contributed by atoms with Crippen LogP contribution in [-0.2, 0) is 23.0 Å². The number of rotatable bonds is 6. The van der Waals surface area contributed by atoms with E-state index >= 15 is 0 Å². The number of carbonyl (C=O) groups is 1. The van der Waals surface area contributed by atoms with Crippen LogP contribution < -0.4 is 19.9 Å². The van der Waals surface area contributed by atoms with Crippen molar-refractivity contribution in [3.63, 3.8) is 0 Å². The number of hydrogen-bond acceptors (Lipinski definition) is 5. The van der Waals surface area contributed by atoms with Gasteiger partial charge in [0.2, 0.25) is 10.0 Å². The molecule has 150 valence electrons. The van der Waals surface area contributed by atoms with Gasteiger partial charge in [-0.1, -0.05) is 6.07 Å². The van der Waals surface area contributed by atoms with Crippen LogP contribution >= 0.6 is 0 Å². The van der Waals surface area contributed by atoms with Crippen molar-refractivity contribution in [3.8, 4) is 11.5 Å². The Kier molecular flexibility index (Phi) is 5.62. The van der Waals surface area contributed by atoms with Crippen molar-refractivity contribution in [1.29, 1.82) is 0 Å². The molecule has 1 amide bonds. The summed E-state index contributed by atoms with van der Waals surface area (Å²) < 4.78 is 34.6. The molecule has 1 heterocycles. The zero-order valence-corrected chi connectivity index (χ0v) is 16.9. The Morgan fingerprint density at radius 3 is 2.75 bits per heavy atom. The van der Waals surface area contributed by atoms with Crippen molar-refractivity contribution in [1.82, 2.24) is 5.32 Å². The van der Waals surface area contributed by atoms with Gasteiger partial charge in [0, 0.05) is 29.7 Å². The van der Waals surface area contributed by atoms with Crippen molar-refractivity contribution in [3.05, 3.63) is 52.6 Å². The van der Waals surface area contributed by atoms with E-state index < -0.39 is 10.0 Å². The number of ether oxygens (including phenoxy) is 2. The molecule has 0 spiro atoms. The second-order valence-electron chi connectivity index (χ2n) is 6.84. The van der Waals surface area contributed by atoms with E-state index in [-0.39, 0.29) is 29.0 Å². The first-order valence-electron chi connectivity index (χ1n) is 9.06. The molecular formula is C20H24N2O5S. The summed E-state index contributed by atoms with van der Waals surface area (Å²) in [6.07, 6.45) is 0.930. The van der Waals surface area contributed by atoms with Gasteiger partial charge in [0.25, 0.3) is 5.91 Å². The molecule has 7 nitrogen and oxygen atoms in total. The minimum atomic E-state index is -3.89. The van der Waals surface area contributed by atoms with Crippen LogP contribution in [-0.4, -0.2) is 27.0 Å². The van der Waals surface area contributed by atoms with Gasteiger partial charge in [-0.2, -0.15) is 0 Å². The van der Waals surface area contributed by atoms with Gasteiger partial charge in [0.1, 0.15) is 17.6 Å².